The summed E-state index contributed by atoms with van der Waals surface area (Å²) in [6, 6.07) is 27.7. The van der Waals surface area contributed by atoms with E-state index in [1.807, 2.05) is 73.7 Å². The number of ether oxygens (including phenoxy) is 1. The highest BCUT2D eigenvalue weighted by atomic mass is 32.2. The van der Waals surface area contributed by atoms with Crippen molar-refractivity contribution in [1.29, 1.82) is 0 Å². The van der Waals surface area contributed by atoms with Gasteiger partial charge in [-0.25, -0.2) is 18.2 Å². The number of rotatable bonds is 9. The van der Waals surface area contributed by atoms with Crippen LogP contribution in [0.4, 0.5) is 0 Å². The Morgan fingerprint density at radius 3 is 2.36 bits per heavy atom. The molecule has 4 aromatic carbocycles. The zero-order valence-corrected chi connectivity index (χ0v) is 25.9. The van der Waals surface area contributed by atoms with Gasteiger partial charge in [0.2, 0.25) is 0 Å². The highest BCUT2D eigenvalue weighted by Crippen LogP contribution is 2.37. The number of nitrogens with one attached hydrogen (secondary N) is 1. The maximum Gasteiger partial charge on any atom is 0.264 e. The van der Waals surface area contributed by atoms with Crippen LogP contribution in [0.1, 0.15) is 16.7 Å². The van der Waals surface area contributed by atoms with Gasteiger partial charge in [0.15, 0.2) is 11.5 Å². The summed E-state index contributed by atoms with van der Waals surface area (Å²) in [4.78, 5) is 20.4. The van der Waals surface area contributed by atoms with Crippen molar-refractivity contribution in [1.82, 2.24) is 9.79 Å². The minimum Gasteiger partial charge on any atom is -0.504 e. The zero-order valence-electron chi connectivity index (χ0n) is 24.3. The number of hydroxylamine groups is 2. The van der Waals surface area contributed by atoms with Gasteiger partial charge in [0.05, 0.1) is 17.0 Å². The fraction of sp³-hybridized carbons (Fsp3) is 0.147. The summed E-state index contributed by atoms with van der Waals surface area (Å²) in [5.41, 5.74) is 4.47. The van der Waals surface area contributed by atoms with Crippen molar-refractivity contribution >= 4 is 33.8 Å². The van der Waals surface area contributed by atoms with E-state index in [-0.39, 0.29) is 23.7 Å². The van der Waals surface area contributed by atoms with E-state index >= 15 is 0 Å². The molecule has 0 radical (unpaired) electrons. The van der Waals surface area contributed by atoms with Crippen LogP contribution in [-0.4, -0.2) is 44.3 Å². The van der Waals surface area contributed by atoms with Gasteiger partial charge in [0.25, 0.3) is 15.9 Å². The van der Waals surface area contributed by atoms with Crippen molar-refractivity contribution in [3.05, 3.63) is 130 Å². The van der Waals surface area contributed by atoms with Gasteiger partial charge >= 0.3 is 0 Å². The summed E-state index contributed by atoms with van der Waals surface area (Å²) < 4.78 is 33.4. The van der Waals surface area contributed by atoms with E-state index < -0.39 is 22.0 Å². The molecule has 44 heavy (non-hydrogen) atoms. The Hall–Kier alpha value is -4.51. The number of methoxy groups -OCH3 is 1. The van der Waals surface area contributed by atoms with E-state index in [4.69, 9.17) is 9.57 Å². The molecule has 2 N–H and O–H groups in total. The van der Waals surface area contributed by atoms with Gasteiger partial charge in [-0.05, 0) is 59.5 Å². The molecule has 0 aliphatic carbocycles. The van der Waals surface area contributed by atoms with Crippen LogP contribution in [0, 0.1) is 6.92 Å². The van der Waals surface area contributed by atoms with Crippen LogP contribution in [-0.2, 0) is 26.1 Å². The molecular weight excluding hydrogens is 597 g/mol. The van der Waals surface area contributed by atoms with E-state index in [0.29, 0.717) is 10.8 Å². The van der Waals surface area contributed by atoms with Gasteiger partial charge in [-0.3, -0.25) is 9.63 Å². The minimum atomic E-state index is -4.10. The van der Waals surface area contributed by atoms with Crippen molar-refractivity contribution < 1.29 is 27.9 Å². The average molecular weight is 629 g/mol. The van der Waals surface area contributed by atoms with Gasteiger partial charge in [-0.2, -0.15) is 0 Å². The maximum absolute atomic E-state index is 13.5. The van der Waals surface area contributed by atoms with Crippen molar-refractivity contribution in [3.63, 3.8) is 0 Å². The molecule has 0 unspecified atom stereocenters. The zero-order chi connectivity index (χ0) is 31.3. The van der Waals surface area contributed by atoms with Crippen LogP contribution >= 0.6 is 11.8 Å². The number of carbonyl (C=O) groups is 1. The second kappa shape index (κ2) is 13.4. The molecule has 0 aromatic heterocycles. The van der Waals surface area contributed by atoms with Crippen molar-refractivity contribution in [3.8, 4) is 22.6 Å². The van der Waals surface area contributed by atoms with Crippen LogP contribution in [0.5, 0.6) is 11.5 Å². The Morgan fingerprint density at radius 2 is 1.73 bits per heavy atom. The molecule has 1 heterocycles. The molecule has 4 aromatic rings. The van der Waals surface area contributed by atoms with Crippen LogP contribution in [0.25, 0.3) is 17.2 Å². The highest BCUT2D eigenvalue weighted by molar-refractivity contribution is 8.06. The number of carbonyl (C=O) groups excluding carboxylic acids is 1. The van der Waals surface area contributed by atoms with E-state index in [0.717, 1.165) is 32.7 Å². The van der Waals surface area contributed by atoms with Gasteiger partial charge in [-0.1, -0.05) is 96.7 Å². The number of nitrogens with zero attached hydrogens (tertiary/aromatic N) is 1. The fourth-order valence-corrected chi connectivity index (χ4v) is 6.58. The molecule has 226 valence electrons. The number of amides is 1. The third kappa shape index (κ3) is 7.34. The Balaban J connectivity index is 1.31. The van der Waals surface area contributed by atoms with Crippen molar-refractivity contribution in [2.45, 2.75) is 24.3 Å². The van der Waals surface area contributed by atoms with Gasteiger partial charge in [0.1, 0.15) is 12.6 Å². The first-order chi connectivity index (χ1) is 21.1. The van der Waals surface area contributed by atoms with Crippen molar-refractivity contribution in [2.75, 3.05) is 13.7 Å². The third-order valence-corrected chi connectivity index (χ3v) is 9.29. The molecule has 0 saturated carbocycles. The molecule has 8 nitrogen and oxygen atoms in total. The molecule has 1 aliphatic rings. The SMILES string of the molecule is C=C1S/C(=C\c2ccc(-c3ccc(OC)c(O)c3)cc2)CON1[C@@H](Cc1ccccc1)C(=O)NS(=O)(=O)c1ccc(C)cc1. The lowest BCUT2D eigenvalue weighted by atomic mass is 10.0. The topological polar surface area (TPSA) is 105 Å². The lowest BCUT2D eigenvalue weighted by Gasteiger charge is -2.36. The second-order valence-corrected chi connectivity index (χ2v) is 13.1. The molecular formula is C34H32N2O6S2. The Bertz CT molecular complexity index is 1790. The van der Waals surface area contributed by atoms with E-state index in [2.05, 4.69) is 11.3 Å². The minimum absolute atomic E-state index is 0.00250. The standard InChI is InChI=1S/C34H32N2O6S2/c1-23-9-16-30(17-10-23)44(39,40)35-34(38)31(20-25-7-5-4-6-8-25)36-24(2)43-29(22-42-36)19-26-11-13-27(14-12-26)28-15-18-33(41-3)32(37)21-28/h4-19,21,31,37H,2,20,22H2,1,3H3,(H,35,38)/b29-19-/t31-/m0/s1. The number of phenols is 1. The normalized spacial score (nSPS) is 15.2. The van der Waals surface area contributed by atoms with Gasteiger partial charge in [-0.15, -0.1) is 0 Å². The lowest BCUT2D eigenvalue weighted by molar-refractivity contribution is -0.161. The maximum atomic E-state index is 13.5. The smallest absolute Gasteiger partial charge is 0.264 e. The molecule has 10 heteroatoms. The van der Waals surface area contributed by atoms with E-state index in [1.54, 1.807) is 24.3 Å². The fourth-order valence-electron chi connectivity index (χ4n) is 4.69. The Morgan fingerprint density at radius 1 is 1.05 bits per heavy atom. The summed E-state index contributed by atoms with van der Waals surface area (Å²) in [7, 11) is -2.59. The van der Waals surface area contributed by atoms with Crippen LogP contribution in [0.15, 0.2) is 118 Å². The first-order valence-corrected chi connectivity index (χ1v) is 16.1. The summed E-state index contributed by atoms with van der Waals surface area (Å²) in [6.07, 6.45) is 2.17. The first kappa shape index (κ1) is 30.9. The van der Waals surface area contributed by atoms with Gasteiger partial charge < -0.3 is 9.84 Å². The lowest BCUT2D eigenvalue weighted by Crippen LogP contribution is -2.49. The van der Waals surface area contributed by atoms with Crippen LogP contribution in [0.3, 0.4) is 0 Å². The molecule has 5 rings (SSSR count). The highest BCUT2D eigenvalue weighted by Gasteiger charge is 2.34. The number of sulfonamides is 1. The number of aromatic hydroxyl groups is 1. The van der Waals surface area contributed by atoms with Crippen LogP contribution in [0.2, 0.25) is 0 Å². The number of aryl methyl sites for hydroxylation is 1. The summed E-state index contributed by atoms with van der Waals surface area (Å²) in [6.45, 7) is 6.16. The number of thioether (sulfide) groups is 1. The largest absolute Gasteiger partial charge is 0.504 e. The quantitative estimate of drug-likeness (QED) is 0.223. The monoisotopic (exact) mass is 628 g/mol. The summed E-state index contributed by atoms with van der Waals surface area (Å²) in [5, 5.41) is 12.0. The average Bonchev–Trinajstić information content (AvgIpc) is 3.01. The molecule has 1 fully saturated rings. The third-order valence-electron chi connectivity index (χ3n) is 7.01. The number of hydrogen-bond donors (Lipinski definition) is 2. The molecule has 1 saturated heterocycles. The predicted octanol–water partition coefficient (Wildman–Crippen LogP) is 6.29. The number of hydrogen-bond acceptors (Lipinski definition) is 8. The summed E-state index contributed by atoms with van der Waals surface area (Å²) in [5.74, 6) is -0.235. The van der Waals surface area contributed by atoms with Gasteiger partial charge in [0, 0.05) is 11.3 Å². The first-order valence-electron chi connectivity index (χ1n) is 13.8. The Labute approximate surface area is 261 Å². The number of phenolic OH excluding ortho intramolecular Hbond substituents is 1. The molecule has 0 bridgehead atoms. The molecule has 1 amide bonds. The van der Waals surface area contributed by atoms with Crippen molar-refractivity contribution in [2.24, 2.45) is 0 Å². The van der Waals surface area contributed by atoms with E-state index in [1.165, 1.54) is 36.1 Å². The molecule has 1 aliphatic heterocycles. The second-order valence-electron chi connectivity index (χ2n) is 10.2. The number of benzene rings is 4. The van der Waals surface area contributed by atoms with Crippen LogP contribution < -0.4 is 9.46 Å². The Kier molecular flexibility index (Phi) is 9.43. The van der Waals surface area contributed by atoms with E-state index in [9.17, 15) is 18.3 Å². The summed E-state index contributed by atoms with van der Waals surface area (Å²) >= 11 is 1.36. The predicted molar refractivity (Wildman–Crippen MR) is 173 cm³/mol. The molecule has 0 spiro atoms. The molecule has 1 atom stereocenters.